The van der Waals surface area contributed by atoms with E-state index in [0.29, 0.717) is 11.9 Å². The second-order valence-corrected chi connectivity index (χ2v) is 9.64. The van der Waals surface area contributed by atoms with Crippen molar-refractivity contribution in [1.29, 1.82) is 0 Å². The number of aromatic nitrogens is 4. The number of hydrogen-bond donors (Lipinski definition) is 2. The van der Waals surface area contributed by atoms with E-state index in [-0.39, 0.29) is 18.0 Å². The van der Waals surface area contributed by atoms with E-state index in [1.165, 1.54) is 10.3 Å². The lowest BCUT2D eigenvalue weighted by atomic mass is 10.1. The minimum atomic E-state index is -0.664. The molecule has 0 radical (unpaired) electrons. The van der Waals surface area contributed by atoms with Gasteiger partial charge >= 0.3 is 5.69 Å². The van der Waals surface area contributed by atoms with Crippen LogP contribution in [0.4, 0.5) is 5.69 Å². The molecular weight excluding hydrogens is 448 g/mol. The van der Waals surface area contributed by atoms with Gasteiger partial charge in [0.15, 0.2) is 0 Å². The highest BCUT2D eigenvalue weighted by molar-refractivity contribution is 6.00. The molecule has 2 amide bonds. The normalized spacial score (nSPS) is 21.4. The molecule has 2 saturated heterocycles. The second-order valence-electron chi connectivity index (χ2n) is 9.64. The van der Waals surface area contributed by atoms with E-state index in [1.807, 2.05) is 18.2 Å². The molecule has 1 atom stereocenters. The van der Waals surface area contributed by atoms with E-state index in [2.05, 4.69) is 31.2 Å². The largest absolute Gasteiger partial charge is 0.369 e. The first kappa shape index (κ1) is 22.1. The first-order valence-corrected chi connectivity index (χ1v) is 12.3. The molecule has 6 rings (SSSR count). The van der Waals surface area contributed by atoms with Crippen LogP contribution in [-0.4, -0.2) is 68.4 Å². The number of imide groups is 1. The van der Waals surface area contributed by atoms with Gasteiger partial charge in [0.2, 0.25) is 11.8 Å². The maximum atomic E-state index is 13.0. The molecule has 11 heteroatoms. The molecule has 1 aromatic carbocycles. The molecule has 0 aliphatic carbocycles. The molecule has 35 heavy (non-hydrogen) atoms. The molecule has 0 bridgehead atoms. The highest BCUT2D eigenvalue weighted by atomic mass is 16.2. The molecule has 184 valence electrons. The molecule has 3 aliphatic rings. The lowest BCUT2D eigenvalue weighted by molar-refractivity contribution is -0.135. The van der Waals surface area contributed by atoms with Crippen LogP contribution in [0.25, 0.3) is 11.0 Å². The van der Waals surface area contributed by atoms with Crippen LogP contribution in [0.15, 0.2) is 29.1 Å². The van der Waals surface area contributed by atoms with Crippen molar-refractivity contribution >= 4 is 28.5 Å². The van der Waals surface area contributed by atoms with E-state index in [1.54, 1.807) is 11.6 Å². The summed E-state index contributed by atoms with van der Waals surface area (Å²) in [6.45, 7) is 7.31. The van der Waals surface area contributed by atoms with Crippen molar-refractivity contribution in [2.75, 3.05) is 37.6 Å². The lowest BCUT2D eigenvalue weighted by Crippen LogP contribution is -2.46. The van der Waals surface area contributed by atoms with Crippen LogP contribution in [0, 0.1) is 0 Å². The van der Waals surface area contributed by atoms with Crippen molar-refractivity contribution in [3.8, 4) is 0 Å². The third-order valence-corrected chi connectivity index (χ3v) is 7.44. The number of fused-ring (bicyclic) bond motifs is 2. The van der Waals surface area contributed by atoms with E-state index in [4.69, 9.17) is 5.10 Å². The number of piperazine rings is 1. The Morgan fingerprint density at radius 1 is 1.03 bits per heavy atom. The molecule has 5 heterocycles. The third kappa shape index (κ3) is 3.94. The summed E-state index contributed by atoms with van der Waals surface area (Å²) in [5, 5.41) is 10.5. The lowest BCUT2D eigenvalue weighted by Gasteiger charge is -2.35. The van der Waals surface area contributed by atoms with Gasteiger partial charge in [-0.1, -0.05) is 0 Å². The Kier molecular flexibility index (Phi) is 5.45. The number of nitrogens with one attached hydrogen (secondary N) is 2. The number of benzene rings is 1. The van der Waals surface area contributed by atoms with Crippen LogP contribution in [0.2, 0.25) is 0 Å². The fourth-order valence-corrected chi connectivity index (χ4v) is 5.50. The Balaban J connectivity index is 1.17. The molecule has 3 aliphatic heterocycles. The number of hydrogen-bond acceptors (Lipinski definition) is 7. The zero-order valence-corrected chi connectivity index (χ0v) is 19.9. The number of imidazole rings is 1. The minimum absolute atomic E-state index is 0.236. The summed E-state index contributed by atoms with van der Waals surface area (Å²) in [7, 11) is 1.73. The third-order valence-electron chi connectivity index (χ3n) is 7.44. The minimum Gasteiger partial charge on any atom is -0.369 e. The van der Waals surface area contributed by atoms with Gasteiger partial charge in [-0.15, -0.1) is 0 Å². The fraction of sp³-hybridized carbons (Fsp3) is 0.500. The van der Waals surface area contributed by atoms with Crippen molar-refractivity contribution < 1.29 is 9.59 Å². The molecule has 11 nitrogen and oxygen atoms in total. The highest BCUT2D eigenvalue weighted by Gasteiger charge is 2.31. The van der Waals surface area contributed by atoms with Crippen molar-refractivity contribution in [2.24, 2.45) is 7.05 Å². The average molecular weight is 479 g/mol. The summed E-state index contributed by atoms with van der Waals surface area (Å²) in [6.07, 6.45) is 0.573. The van der Waals surface area contributed by atoms with Crippen LogP contribution in [0.5, 0.6) is 0 Å². The molecule has 1 unspecified atom stereocenters. The maximum Gasteiger partial charge on any atom is 0.329 e. The van der Waals surface area contributed by atoms with Crippen LogP contribution in [0.1, 0.15) is 30.3 Å². The Morgan fingerprint density at radius 3 is 2.63 bits per heavy atom. The van der Waals surface area contributed by atoms with Crippen molar-refractivity contribution in [3.05, 3.63) is 46.1 Å². The zero-order valence-electron chi connectivity index (χ0n) is 19.9. The Hall–Kier alpha value is -3.44. The number of aryl methyl sites for hydroxylation is 1. The van der Waals surface area contributed by atoms with Gasteiger partial charge < -0.3 is 10.2 Å². The van der Waals surface area contributed by atoms with Gasteiger partial charge in [-0.05, 0) is 30.7 Å². The first-order valence-electron chi connectivity index (χ1n) is 12.3. The van der Waals surface area contributed by atoms with Gasteiger partial charge in [0.05, 0.1) is 29.0 Å². The van der Waals surface area contributed by atoms with Crippen molar-refractivity contribution in [3.63, 3.8) is 0 Å². The first-order chi connectivity index (χ1) is 17.0. The quantitative estimate of drug-likeness (QED) is 0.506. The van der Waals surface area contributed by atoms with Gasteiger partial charge in [-0.2, -0.15) is 5.10 Å². The summed E-state index contributed by atoms with van der Waals surface area (Å²) >= 11 is 0. The second kappa shape index (κ2) is 8.65. The van der Waals surface area contributed by atoms with E-state index in [0.717, 1.165) is 69.3 Å². The summed E-state index contributed by atoms with van der Waals surface area (Å²) in [5.74, 6) is -0.698. The molecule has 2 fully saturated rings. The molecular formula is C24H30N8O3. The number of carbonyl (C=O) groups is 2. The van der Waals surface area contributed by atoms with Crippen molar-refractivity contribution in [1.82, 2.24) is 34.4 Å². The van der Waals surface area contributed by atoms with Gasteiger partial charge in [-0.25, -0.2) is 4.79 Å². The van der Waals surface area contributed by atoms with Crippen LogP contribution in [-0.2, 0) is 36.3 Å². The van der Waals surface area contributed by atoms with Gasteiger partial charge in [-0.3, -0.25) is 33.6 Å². The molecule has 2 N–H and O–H groups in total. The summed E-state index contributed by atoms with van der Waals surface area (Å²) in [4.78, 5) is 41.8. The standard InChI is InChI=1S/C24H30N8O3/c1-28-21-13-17(2-3-19(21)32(24(28)35)20-4-5-22(33)26-23(20)34)30-10-8-29(9-11-30)15-16-12-18-14-25-6-7-31(18)27-16/h2-3,12-13,20,25H,4-11,14-15H2,1H3,(H,26,33,34). The summed E-state index contributed by atoms with van der Waals surface area (Å²) < 4.78 is 5.23. The smallest absolute Gasteiger partial charge is 0.329 e. The number of nitrogens with zero attached hydrogens (tertiary/aromatic N) is 6. The van der Waals surface area contributed by atoms with Gasteiger partial charge in [0, 0.05) is 65.0 Å². The average Bonchev–Trinajstić information content (AvgIpc) is 3.38. The zero-order chi connectivity index (χ0) is 24.1. The van der Waals surface area contributed by atoms with Gasteiger partial charge in [0.1, 0.15) is 6.04 Å². The van der Waals surface area contributed by atoms with Crippen LogP contribution in [0.3, 0.4) is 0 Å². The van der Waals surface area contributed by atoms with Gasteiger partial charge in [0.25, 0.3) is 0 Å². The number of carbonyl (C=O) groups excluding carboxylic acids is 2. The monoisotopic (exact) mass is 478 g/mol. The number of piperidine rings is 1. The summed E-state index contributed by atoms with van der Waals surface area (Å²) in [6, 6.07) is 7.52. The molecule has 3 aromatic rings. The Bertz CT molecular complexity index is 1340. The van der Waals surface area contributed by atoms with Crippen LogP contribution < -0.4 is 21.2 Å². The topological polar surface area (TPSA) is 109 Å². The molecule has 0 spiro atoms. The fourth-order valence-electron chi connectivity index (χ4n) is 5.50. The van der Waals surface area contributed by atoms with E-state index >= 15 is 0 Å². The summed E-state index contributed by atoms with van der Waals surface area (Å²) in [5.41, 5.74) is 4.71. The predicted molar refractivity (Wildman–Crippen MR) is 130 cm³/mol. The predicted octanol–water partition coefficient (Wildman–Crippen LogP) is -0.0604. The Labute approximate surface area is 202 Å². The highest BCUT2D eigenvalue weighted by Crippen LogP contribution is 2.27. The number of anilines is 1. The van der Waals surface area contributed by atoms with Crippen molar-refractivity contribution in [2.45, 2.75) is 38.5 Å². The molecule has 2 aromatic heterocycles. The van der Waals surface area contributed by atoms with E-state index in [9.17, 15) is 14.4 Å². The maximum absolute atomic E-state index is 13.0. The number of amides is 2. The number of rotatable bonds is 4. The van der Waals surface area contributed by atoms with Crippen LogP contribution >= 0.6 is 0 Å². The SMILES string of the molecule is Cn1c(=O)n(C2CCC(=O)NC2=O)c2ccc(N3CCN(Cc4cc5n(n4)CCNC5)CC3)cc21. The molecule has 0 saturated carbocycles. The Morgan fingerprint density at radius 2 is 1.86 bits per heavy atom. The van der Waals surface area contributed by atoms with E-state index < -0.39 is 11.9 Å².